The number of carbonyl (C=O) groups excluding carboxylic acids is 2. The van der Waals surface area contributed by atoms with E-state index in [0.29, 0.717) is 25.3 Å². The maximum absolute atomic E-state index is 12.7. The Hall–Kier alpha value is -3.02. The van der Waals surface area contributed by atoms with E-state index in [1.807, 2.05) is 49.4 Å². The Morgan fingerprint density at radius 2 is 2.00 bits per heavy atom. The minimum absolute atomic E-state index is 0.0496. The van der Waals surface area contributed by atoms with Crippen molar-refractivity contribution in [2.75, 3.05) is 30.8 Å². The Kier molecular flexibility index (Phi) is 3.83. The number of aryl methyl sites for hydroxylation is 1. The van der Waals surface area contributed by atoms with E-state index in [1.165, 1.54) is 0 Å². The van der Waals surface area contributed by atoms with E-state index in [-0.39, 0.29) is 11.9 Å². The van der Waals surface area contributed by atoms with Crippen molar-refractivity contribution in [2.45, 2.75) is 18.8 Å². The highest BCUT2D eigenvalue weighted by molar-refractivity contribution is 6.07. The summed E-state index contributed by atoms with van der Waals surface area (Å²) in [7, 11) is 1.61. The van der Waals surface area contributed by atoms with Crippen molar-refractivity contribution in [3.8, 4) is 5.75 Å². The van der Waals surface area contributed by atoms with Gasteiger partial charge in [0.2, 0.25) is 5.91 Å². The minimum atomic E-state index is -0.700. The van der Waals surface area contributed by atoms with Gasteiger partial charge in [0.05, 0.1) is 12.5 Å². The third-order valence-electron chi connectivity index (χ3n) is 5.28. The molecule has 0 saturated carbocycles. The van der Waals surface area contributed by atoms with Gasteiger partial charge in [0.25, 0.3) is 0 Å². The van der Waals surface area contributed by atoms with Crippen LogP contribution in [0.3, 0.4) is 0 Å². The number of anilines is 2. The number of benzene rings is 2. The fourth-order valence-corrected chi connectivity index (χ4v) is 3.75. The number of fused-ring (bicyclic) bond motifs is 2. The van der Waals surface area contributed by atoms with Crippen molar-refractivity contribution in [2.24, 2.45) is 0 Å². The summed E-state index contributed by atoms with van der Waals surface area (Å²) in [6, 6.07) is 13.1. The van der Waals surface area contributed by atoms with E-state index < -0.39 is 5.41 Å². The van der Waals surface area contributed by atoms with Crippen molar-refractivity contribution in [3.05, 3.63) is 53.6 Å². The molecular formula is C20H21N3O3. The average Bonchev–Trinajstić information content (AvgIpc) is 3.20. The molecule has 1 spiro atoms. The maximum Gasteiger partial charge on any atom is 0.321 e. The topological polar surface area (TPSA) is 70.7 Å². The van der Waals surface area contributed by atoms with Crippen molar-refractivity contribution in [1.29, 1.82) is 0 Å². The zero-order valence-electron chi connectivity index (χ0n) is 14.8. The number of hydrogen-bond acceptors (Lipinski definition) is 3. The Bertz CT molecular complexity index is 878. The number of methoxy groups -OCH3 is 1. The van der Waals surface area contributed by atoms with E-state index in [2.05, 4.69) is 10.6 Å². The molecule has 26 heavy (non-hydrogen) atoms. The van der Waals surface area contributed by atoms with Crippen LogP contribution in [0.2, 0.25) is 0 Å². The molecule has 0 aromatic heterocycles. The Morgan fingerprint density at radius 3 is 2.73 bits per heavy atom. The van der Waals surface area contributed by atoms with Gasteiger partial charge in [-0.1, -0.05) is 17.7 Å². The fourth-order valence-electron chi connectivity index (χ4n) is 3.75. The molecular weight excluding hydrogens is 330 g/mol. The molecule has 6 nitrogen and oxygen atoms in total. The van der Waals surface area contributed by atoms with Crippen LogP contribution in [0.25, 0.3) is 0 Å². The number of hydrogen-bond donors (Lipinski definition) is 2. The first kappa shape index (κ1) is 16.4. The van der Waals surface area contributed by atoms with Gasteiger partial charge in [-0.05, 0) is 49.2 Å². The molecule has 2 aliphatic heterocycles. The number of likely N-dealkylation sites (tertiary alicyclic amines) is 1. The second kappa shape index (κ2) is 6.05. The third-order valence-corrected chi connectivity index (χ3v) is 5.28. The van der Waals surface area contributed by atoms with Gasteiger partial charge in [0, 0.05) is 24.5 Å². The number of nitrogens with zero attached hydrogens (tertiary/aromatic N) is 1. The average molecular weight is 351 g/mol. The molecule has 2 heterocycles. The van der Waals surface area contributed by atoms with Gasteiger partial charge in [0.15, 0.2) is 0 Å². The highest BCUT2D eigenvalue weighted by Crippen LogP contribution is 2.45. The van der Waals surface area contributed by atoms with Crippen LogP contribution < -0.4 is 15.4 Å². The van der Waals surface area contributed by atoms with Crippen LogP contribution in [0.15, 0.2) is 42.5 Å². The molecule has 1 unspecified atom stereocenters. The normalized spacial score (nSPS) is 20.8. The summed E-state index contributed by atoms with van der Waals surface area (Å²) in [5, 5.41) is 5.85. The summed E-state index contributed by atoms with van der Waals surface area (Å²) in [5.74, 6) is 0.661. The number of urea groups is 1. The van der Waals surface area contributed by atoms with Gasteiger partial charge in [-0.3, -0.25) is 4.79 Å². The van der Waals surface area contributed by atoms with Crippen molar-refractivity contribution >= 4 is 23.3 Å². The van der Waals surface area contributed by atoms with E-state index in [4.69, 9.17) is 4.74 Å². The molecule has 134 valence electrons. The summed E-state index contributed by atoms with van der Waals surface area (Å²) < 4.78 is 5.31. The molecule has 1 fully saturated rings. The zero-order valence-corrected chi connectivity index (χ0v) is 14.8. The second-order valence-electron chi connectivity index (χ2n) is 6.92. The van der Waals surface area contributed by atoms with Gasteiger partial charge < -0.3 is 20.3 Å². The van der Waals surface area contributed by atoms with E-state index in [0.717, 1.165) is 22.5 Å². The fraction of sp³-hybridized carbons (Fsp3) is 0.300. The zero-order chi connectivity index (χ0) is 18.3. The van der Waals surface area contributed by atoms with Gasteiger partial charge in [0.1, 0.15) is 5.75 Å². The molecule has 2 aliphatic rings. The van der Waals surface area contributed by atoms with Crippen LogP contribution in [0.1, 0.15) is 17.5 Å². The lowest BCUT2D eigenvalue weighted by molar-refractivity contribution is -0.120. The Balaban J connectivity index is 1.55. The van der Waals surface area contributed by atoms with Gasteiger partial charge in [-0.2, -0.15) is 0 Å². The standard InChI is InChI=1S/C20H21N3O3/c1-13-3-5-14(6-4-13)21-19(25)23-10-9-20(12-23)16-11-15(26-2)7-8-17(16)22-18(20)24/h3-8,11H,9-10,12H2,1-2H3,(H,21,25)(H,22,24). The van der Waals surface area contributed by atoms with Crippen LogP contribution >= 0.6 is 0 Å². The summed E-state index contributed by atoms with van der Waals surface area (Å²) in [5.41, 5.74) is 2.90. The Morgan fingerprint density at radius 1 is 1.23 bits per heavy atom. The second-order valence-corrected chi connectivity index (χ2v) is 6.92. The lowest BCUT2D eigenvalue weighted by atomic mass is 9.81. The number of rotatable bonds is 2. The monoisotopic (exact) mass is 351 g/mol. The first-order chi connectivity index (χ1) is 12.5. The molecule has 2 aromatic carbocycles. The molecule has 1 saturated heterocycles. The lowest BCUT2D eigenvalue weighted by Gasteiger charge is -2.23. The molecule has 0 radical (unpaired) electrons. The predicted octanol–water partition coefficient (Wildman–Crippen LogP) is 3.13. The summed E-state index contributed by atoms with van der Waals surface area (Å²) in [6.07, 6.45) is 0.598. The minimum Gasteiger partial charge on any atom is -0.497 e. The summed E-state index contributed by atoms with van der Waals surface area (Å²) >= 11 is 0. The molecule has 3 amide bonds. The first-order valence-corrected chi connectivity index (χ1v) is 8.64. The third kappa shape index (κ3) is 2.58. The smallest absolute Gasteiger partial charge is 0.321 e. The van der Waals surface area contributed by atoms with E-state index in [1.54, 1.807) is 12.0 Å². The quantitative estimate of drug-likeness (QED) is 0.873. The molecule has 6 heteroatoms. The van der Waals surface area contributed by atoms with Crippen LogP contribution in [-0.2, 0) is 10.2 Å². The highest BCUT2D eigenvalue weighted by atomic mass is 16.5. The van der Waals surface area contributed by atoms with Crippen LogP contribution in [0.5, 0.6) is 5.75 Å². The van der Waals surface area contributed by atoms with Crippen LogP contribution in [0.4, 0.5) is 16.2 Å². The number of amides is 3. The SMILES string of the molecule is COc1ccc2c(c1)C1(CCN(C(=O)Nc3ccc(C)cc3)C1)C(=O)N2. The summed E-state index contributed by atoms with van der Waals surface area (Å²) in [6.45, 7) is 2.89. The van der Waals surface area contributed by atoms with Crippen molar-refractivity contribution in [3.63, 3.8) is 0 Å². The maximum atomic E-state index is 12.7. The summed E-state index contributed by atoms with van der Waals surface area (Å²) in [4.78, 5) is 27.1. The van der Waals surface area contributed by atoms with Gasteiger partial charge in [-0.25, -0.2) is 4.79 Å². The molecule has 4 rings (SSSR count). The van der Waals surface area contributed by atoms with Crippen LogP contribution in [-0.4, -0.2) is 37.0 Å². The number of carbonyl (C=O) groups is 2. The van der Waals surface area contributed by atoms with E-state index in [9.17, 15) is 9.59 Å². The predicted molar refractivity (Wildman–Crippen MR) is 99.7 cm³/mol. The van der Waals surface area contributed by atoms with Crippen molar-refractivity contribution < 1.29 is 14.3 Å². The van der Waals surface area contributed by atoms with Gasteiger partial charge >= 0.3 is 6.03 Å². The molecule has 0 bridgehead atoms. The van der Waals surface area contributed by atoms with Crippen LogP contribution in [0, 0.1) is 6.92 Å². The highest BCUT2D eigenvalue weighted by Gasteiger charge is 2.52. The number of nitrogens with one attached hydrogen (secondary N) is 2. The van der Waals surface area contributed by atoms with E-state index >= 15 is 0 Å². The number of ether oxygens (including phenoxy) is 1. The molecule has 2 aromatic rings. The molecule has 2 N–H and O–H groups in total. The largest absolute Gasteiger partial charge is 0.497 e. The molecule has 1 atom stereocenters. The molecule has 0 aliphatic carbocycles. The Labute approximate surface area is 152 Å². The van der Waals surface area contributed by atoms with Gasteiger partial charge in [-0.15, -0.1) is 0 Å². The first-order valence-electron chi connectivity index (χ1n) is 8.64. The van der Waals surface area contributed by atoms with Crippen molar-refractivity contribution in [1.82, 2.24) is 4.90 Å². The lowest BCUT2D eigenvalue weighted by Crippen LogP contribution is -2.40.